The fraction of sp³-hybridized carbons (Fsp3) is 0.269. The number of nitrogens with one attached hydrogen (secondary N) is 1. The molecule has 1 N–H and O–H groups in total. The number of sulfonamides is 1. The van der Waals surface area contributed by atoms with Gasteiger partial charge in [0.25, 0.3) is 10.0 Å². The van der Waals surface area contributed by atoms with Crippen LogP contribution in [0.1, 0.15) is 24.1 Å². The first-order chi connectivity index (χ1) is 17.1. The van der Waals surface area contributed by atoms with E-state index >= 15 is 0 Å². The number of carbonyl (C=O) groups is 1. The number of nitrogens with zero attached hydrogens (tertiary/aromatic N) is 1. The molecule has 1 atom stereocenters. The summed E-state index contributed by atoms with van der Waals surface area (Å²) in [6.45, 7) is 3.27. The van der Waals surface area contributed by atoms with Crippen molar-refractivity contribution in [3.8, 4) is 17.2 Å². The smallest absolute Gasteiger partial charge is 0.264 e. The number of hydrogen-bond donors (Lipinski definition) is 1. The van der Waals surface area contributed by atoms with Gasteiger partial charge in [0.1, 0.15) is 23.8 Å². The quantitative estimate of drug-likeness (QED) is 0.370. The maximum absolute atomic E-state index is 13.7. The van der Waals surface area contributed by atoms with Crippen LogP contribution in [0.3, 0.4) is 0 Å². The topological polar surface area (TPSA) is 94.2 Å². The van der Waals surface area contributed by atoms with Crippen molar-refractivity contribution in [3.05, 3.63) is 76.3 Å². The van der Waals surface area contributed by atoms with Gasteiger partial charge in [0.15, 0.2) is 0 Å². The summed E-state index contributed by atoms with van der Waals surface area (Å²) < 4.78 is 44.9. The van der Waals surface area contributed by atoms with Gasteiger partial charge in [-0.15, -0.1) is 0 Å². The van der Waals surface area contributed by atoms with Gasteiger partial charge in [-0.2, -0.15) is 0 Å². The molecule has 8 nitrogen and oxygen atoms in total. The molecule has 0 unspecified atom stereocenters. The number of ether oxygens (including phenoxy) is 3. The average molecular weight is 577 g/mol. The first-order valence-electron chi connectivity index (χ1n) is 11.0. The highest BCUT2D eigenvalue weighted by molar-refractivity contribution is 9.10. The molecule has 0 fully saturated rings. The van der Waals surface area contributed by atoms with Crippen LogP contribution in [0.15, 0.2) is 70.0 Å². The van der Waals surface area contributed by atoms with E-state index < -0.39 is 28.5 Å². The van der Waals surface area contributed by atoms with Crippen molar-refractivity contribution in [2.75, 3.05) is 32.2 Å². The lowest BCUT2D eigenvalue weighted by Crippen LogP contribution is -2.41. The lowest BCUT2D eigenvalue weighted by atomic mass is 10.1. The molecule has 0 aliphatic carbocycles. The van der Waals surface area contributed by atoms with Crippen LogP contribution in [0, 0.1) is 6.92 Å². The lowest BCUT2D eigenvalue weighted by molar-refractivity contribution is -0.120. The highest BCUT2D eigenvalue weighted by atomic mass is 79.9. The molecule has 0 aliphatic rings. The molecular weight excluding hydrogens is 548 g/mol. The zero-order valence-corrected chi connectivity index (χ0v) is 23.1. The van der Waals surface area contributed by atoms with E-state index in [1.54, 1.807) is 69.7 Å². The third kappa shape index (κ3) is 6.11. The van der Waals surface area contributed by atoms with Crippen LogP contribution in [-0.4, -0.2) is 42.2 Å². The van der Waals surface area contributed by atoms with E-state index in [0.29, 0.717) is 33.0 Å². The molecule has 0 aromatic heterocycles. The van der Waals surface area contributed by atoms with Gasteiger partial charge >= 0.3 is 0 Å². The van der Waals surface area contributed by atoms with E-state index in [1.165, 1.54) is 19.2 Å². The van der Waals surface area contributed by atoms with Crippen LogP contribution in [0.2, 0.25) is 0 Å². The summed E-state index contributed by atoms with van der Waals surface area (Å²) in [5, 5.41) is 2.88. The van der Waals surface area contributed by atoms with Crippen molar-refractivity contribution in [3.63, 3.8) is 0 Å². The maximum atomic E-state index is 13.7. The molecule has 0 bridgehead atoms. The summed E-state index contributed by atoms with van der Waals surface area (Å²) in [5.41, 5.74) is 2.04. The standard InChI is InChI=1S/C26H29BrN2O6S/c1-17-6-8-19(9-7-17)29(36(31,32)21-11-13-25(35-5)23(27)15-21)16-26(30)28-18(2)22-14-20(33-3)10-12-24(22)34-4/h6-15,18H,16H2,1-5H3,(H,28,30)/t18-/m0/s1. The second kappa shape index (κ2) is 11.7. The largest absolute Gasteiger partial charge is 0.497 e. The monoisotopic (exact) mass is 576 g/mol. The zero-order valence-electron chi connectivity index (χ0n) is 20.7. The van der Waals surface area contributed by atoms with Gasteiger partial charge < -0.3 is 19.5 Å². The Morgan fingerprint density at radius 1 is 0.944 bits per heavy atom. The fourth-order valence-electron chi connectivity index (χ4n) is 3.63. The van der Waals surface area contributed by atoms with Crippen LogP contribution in [0.5, 0.6) is 17.2 Å². The number of amides is 1. The summed E-state index contributed by atoms with van der Waals surface area (Å²) in [4.78, 5) is 13.2. The Kier molecular flexibility index (Phi) is 8.86. The van der Waals surface area contributed by atoms with E-state index in [-0.39, 0.29) is 4.90 Å². The Bertz CT molecular complexity index is 1330. The van der Waals surface area contributed by atoms with Gasteiger partial charge in [0, 0.05) is 5.56 Å². The zero-order chi connectivity index (χ0) is 26.5. The molecule has 3 rings (SSSR count). The summed E-state index contributed by atoms with van der Waals surface area (Å²) in [5.74, 6) is 1.20. The Morgan fingerprint density at radius 2 is 1.58 bits per heavy atom. The van der Waals surface area contributed by atoms with Crippen molar-refractivity contribution in [2.24, 2.45) is 0 Å². The number of carbonyl (C=O) groups excluding carboxylic acids is 1. The fourth-order valence-corrected chi connectivity index (χ4v) is 5.77. The number of methoxy groups -OCH3 is 3. The van der Waals surface area contributed by atoms with E-state index in [0.717, 1.165) is 9.87 Å². The minimum Gasteiger partial charge on any atom is -0.497 e. The van der Waals surface area contributed by atoms with Crippen molar-refractivity contribution in [1.82, 2.24) is 5.32 Å². The van der Waals surface area contributed by atoms with Gasteiger partial charge in [-0.05, 0) is 78.3 Å². The first-order valence-corrected chi connectivity index (χ1v) is 13.3. The predicted octanol–water partition coefficient (Wildman–Crippen LogP) is 4.86. The summed E-state index contributed by atoms with van der Waals surface area (Å²) in [7, 11) is 0.497. The minimum absolute atomic E-state index is 0.0195. The van der Waals surface area contributed by atoms with Crippen molar-refractivity contribution < 1.29 is 27.4 Å². The Labute approximate surface area is 220 Å². The molecule has 36 heavy (non-hydrogen) atoms. The first kappa shape index (κ1) is 27.3. The van der Waals surface area contributed by atoms with E-state index in [9.17, 15) is 13.2 Å². The Morgan fingerprint density at radius 3 is 2.17 bits per heavy atom. The minimum atomic E-state index is -4.09. The molecule has 0 radical (unpaired) electrons. The van der Waals surface area contributed by atoms with Crippen LogP contribution >= 0.6 is 15.9 Å². The maximum Gasteiger partial charge on any atom is 0.264 e. The van der Waals surface area contributed by atoms with E-state index in [1.807, 2.05) is 6.92 Å². The highest BCUT2D eigenvalue weighted by Crippen LogP contribution is 2.32. The number of anilines is 1. The second-order valence-electron chi connectivity index (χ2n) is 8.04. The van der Waals surface area contributed by atoms with Crippen molar-refractivity contribution in [1.29, 1.82) is 0 Å². The SMILES string of the molecule is COc1ccc(OC)c([C@H](C)NC(=O)CN(c2ccc(C)cc2)S(=O)(=O)c2ccc(OC)c(Br)c2)c1. The van der Waals surface area contributed by atoms with Crippen molar-refractivity contribution in [2.45, 2.75) is 24.8 Å². The Balaban J connectivity index is 1.93. The molecule has 0 heterocycles. The van der Waals surface area contributed by atoms with Gasteiger partial charge in [0.05, 0.1) is 42.4 Å². The van der Waals surface area contributed by atoms with E-state index in [2.05, 4.69) is 21.2 Å². The van der Waals surface area contributed by atoms with Crippen LogP contribution in [-0.2, 0) is 14.8 Å². The molecule has 1 amide bonds. The second-order valence-corrected chi connectivity index (χ2v) is 10.8. The van der Waals surface area contributed by atoms with Gasteiger partial charge in [-0.3, -0.25) is 9.10 Å². The predicted molar refractivity (Wildman–Crippen MR) is 143 cm³/mol. The summed E-state index contributed by atoms with van der Waals surface area (Å²) >= 11 is 3.34. The molecular formula is C26H29BrN2O6S. The number of benzene rings is 3. The number of rotatable bonds is 10. The van der Waals surface area contributed by atoms with Gasteiger partial charge in [-0.1, -0.05) is 17.7 Å². The summed E-state index contributed by atoms with van der Waals surface area (Å²) in [6, 6.07) is 16.2. The highest BCUT2D eigenvalue weighted by Gasteiger charge is 2.29. The van der Waals surface area contributed by atoms with Crippen LogP contribution in [0.4, 0.5) is 5.69 Å². The third-order valence-corrected chi connectivity index (χ3v) is 7.99. The molecule has 10 heteroatoms. The number of aryl methyl sites for hydroxylation is 1. The van der Waals surface area contributed by atoms with Crippen LogP contribution < -0.4 is 23.8 Å². The number of halogens is 1. The third-order valence-electron chi connectivity index (χ3n) is 5.60. The average Bonchev–Trinajstić information content (AvgIpc) is 2.87. The molecule has 192 valence electrons. The molecule has 0 saturated heterocycles. The van der Waals surface area contributed by atoms with E-state index in [4.69, 9.17) is 14.2 Å². The van der Waals surface area contributed by atoms with Crippen LogP contribution in [0.25, 0.3) is 0 Å². The van der Waals surface area contributed by atoms with Gasteiger partial charge in [0.2, 0.25) is 5.91 Å². The molecule has 3 aromatic carbocycles. The summed E-state index contributed by atoms with van der Waals surface area (Å²) in [6.07, 6.45) is 0. The molecule has 0 saturated carbocycles. The van der Waals surface area contributed by atoms with Gasteiger partial charge in [-0.25, -0.2) is 8.42 Å². The Hall–Kier alpha value is -3.24. The van der Waals surface area contributed by atoms with Crippen molar-refractivity contribution >= 4 is 37.5 Å². The lowest BCUT2D eigenvalue weighted by Gasteiger charge is -2.26. The normalized spacial score (nSPS) is 11.9. The molecule has 0 spiro atoms. The number of hydrogen-bond acceptors (Lipinski definition) is 6. The molecule has 0 aliphatic heterocycles. The molecule has 3 aromatic rings.